The van der Waals surface area contributed by atoms with Crippen LogP contribution in [0, 0.1) is 6.92 Å². The second-order valence-electron chi connectivity index (χ2n) is 4.39. The number of carbonyl (C=O) groups excluding carboxylic acids is 1. The standard InChI is InChI=1S/C15H18N2O2/c1-4-17-12(9-11(2)16-17)10-14(18)13-7-5-6-8-15(13)19-3/h5-9H,4,10H2,1-3H3. The lowest BCUT2D eigenvalue weighted by Gasteiger charge is -2.08. The average molecular weight is 258 g/mol. The first-order valence-corrected chi connectivity index (χ1v) is 6.35. The van der Waals surface area contributed by atoms with Crippen LogP contribution in [0.2, 0.25) is 0 Å². The predicted molar refractivity (Wildman–Crippen MR) is 73.7 cm³/mol. The van der Waals surface area contributed by atoms with Gasteiger partial charge in [-0.2, -0.15) is 5.10 Å². The number of ether oxygens (including phenoxy) is 1. The second-order valence-corrected chi connectivity index (χ2v) is 4.39. The summed E-state index contributed by atoms with van der Waals surface area (Å²) in [5, 5.41) is 4.35. The Morgan fingerprint density at radius 1 is 1.37 bits per heavy atom. The molecule has 4 nitrogen and oxygen atoms in total. The van der Waals surface area contributed by atoms with Crippen molar-refractivity contribution in [1.82, 2.24) is 9.78 Å². The van der Waals surface area contributed by atoms with E-state index in [0.29, 0.717) is 17.7 Å². The summed E-state index contributed by atoms with van der Waals surface area (Å²) in [5.41, 5.74) is 2.49. The fourth-order valence-corrected chi connectivity index (χ4v) is 2.15. The van der Waals surface area contributed by atoms with Gasteiger partial charge < -0.3 is 4.74 Å². The second kappa shape index (κ2) is 5.69. The van der Waals surface area contributed by atoms with Crippen LogP contribution in [0.15, 0.2) is 30.3 Å². The van der Waals surface area contributed by atoms with E-state index in [9.17, 15) is 4.79 Å². The molecule has 0 aliphatic rings. The smallest absolute Gasteiger partial charge is 0.172 e. The van der Waals surface area contributed by atoms with E-state index >= 15 is 0 Å². The summed E-state index contributed by atoms with van der Waals surface area (Å²) >= 11 is 0. The molecule has 0 atom stereocenters. The Morgan fingerprint density at radius 2 is 2.11 bits per heavy atom. The first-order chi connectivity index (χ1) is 9.15. The van der Waals surface area contributed by atoms with Gasteiger partial charge in [-0.25, -0.2) is 0 Å². The lowest BCUT2D eigenvalue weighted by molar-refractivity contribution is 0.0987. The van der Waals surface area contributed by atoms with Crippen molar-refractivity contribution >= 4 is 5.78 Å². The quantitative estimate of drug-likeness (QED) is 0.774. The summed E-state index contributed by atoms with van der Waals surface area (Å²) in [5.74, 6) is 0.666. The topological polar surface area (TPSA) is 44.1 Å². The molecule has 0 amide bonds. The number of hydrogen-bond donors (Lipinski definition) is 0. The number of hydrogen-bond acceptors (Lipinski definition) is 3. The summed E-state index contributed by atoms with van der Waals surface area (Å²) in [6.07, 6.45) is 0.342. The van der Waals surface area contributed by atoms with Crippen molar-refractivity contribution in [3.05, 3.63) is 47.3 Å². The number of nitrogens with zero attached hydrogens (tertiary/aromatic N) is 2. The molecular formula is C15H18N2O2. The summed E-state index contributed by atoms with van der Waals surface area (Å²) in [6.45, 7) is 4.72. The van der Waals surface area contributed by atoms with Crippen LogP contribution in [0.5, 0.6) is 5.75 Å². The Balaban J connectivity index is 2.25. The van der Waals surface area contributed by atoms with Gasteiger partial charge in [0.2, 0.25) is 0 Å². The molecule has 0 fully saturated rings. The van der Waals surface area contributed by atoms with E-state index in [1.165, 1.54) is 0 Å². The Morgan fingerprint density at radius 3 is 2.79 bits per heavy atom. The van der Waals surface area contributed by atoms with Crippen molar-refractivity contribution in [3.8, 4) is 5.75 Å². The van der Waals surface area contributed by atoms with Gasteiger partial charge in [0, 0.05) is 12.2 Å². The third-order valence-corrected chi connectivity index (χ3v) is 3.03. The molecule has 100 valence electrons. The summed E-state index contributed by atoms with van der Waals surface area (Å²) in [7, 11) is 1.58. The van der Waals surface area contributed by atoms with Crippen LogP contribution in [-0.2, 0) is 13.0 Å². The maximum atomic E-state index is 12.4. The zero-order valence-electron chi connectivity index (χ0n) is 11.5. The number of aromatic nitrogens is 2. The summed E-state index contributed by atoms with van der Waals surface area (Å²) in [4.78, 5) is 12.4. The molecule has 1 aromatic heterocycles. The van der Waals surface area contributed by atoms with Crippen molar-refractivity contribution in [3.63, 3.8) is 0 Å². The Labute approximate surface area is 113 Å². The number of methoxy groups -OCH3 is 1. The molecule has 0 unspecified atom stereocenters. The minimum absolute atomic E-state index is 0.0482. The molecular weight excluding hydrogens is 240 g/mol. The highest BCUT2D eigenvalue weighted by Gasteiger charge is 2.15. The van der Waals surface area contributed by atoms with Gasteiger partial charge in [0.05, 0.1) is 24.8 Å². The van der Waals surface area contributed by atoms with Gasteiger partial charge >= 0.3 is 0 Å². The summed E-state index contributed by atoms with van der Waals surface area (Å²) < 4.78 is 7.09. The largest absolute Gasteiger partial charge is 0.496 e. The Kier molecular flexibility index (Phi) is 4.00. The molecule has 2 aromatic rings. The molecule has 0 aliphatic heterocycles. The van der Waals surface area contributed by atoms with Crippen molar-refractivity contribution < 1.29 is 9.53 Å². The lowest BCUT2D eigenvalue weighted by Crippen LogP contribution is -2.10. The number of ketones is 1. The van der Waals surface area contributed by atoms with Gasteiger partial charge in [0.15, 0.2) is 5.78 Å². The highest BCUT2D eigenvalue weighted by molar-refractivity contribution is 5.99. The van der Waals surface area contributed by atoms with E-state index < -0.39 is 0 Å². The van der Waals surface area contributed by atoms with Gasteiger partial charge in [-0.1, -0.05) is 12.1 Å². The molecule has 1 aromatic carbocycles. The highest BCUT2D eigenvalue weighted by atomic mass is 16.5. The van der Waals surface area contributed by atoms with Gasteiger partial charge in [-0.05, 0) is 32.0 Å². The molecule has 2 rings (SSSR count). The van der Waals surface area contributed by atoms with E-state index in [0.717, 1.165) is 17.9 Å². The molecule has 4 heteroatoms. The molecule has 0 saturated carbocycles. The number of para-hydroxylation sites is 1. The fraction of sp³-hybridized carbons (Fsp3) is 0.333. The van der Waals surface area contributed by atoms with E-state index in [1.807, 2.05) is 36.7 Å². The van der Waals surface area contributed by atoms with Crippen LogP contribution in [0.1, 0.15) is 28.7 Å². The van der Waals surface area contributed by atoms with Gasteiger partial charge in [-0.15, -0.1) is 0 Å². The van der Waals surface area contributed by atoms with Crippen molar-refractivity contribution in [2.24, 2.45) is 0 Å². The molecule has 0 bridgehead atoms. The van der Waals surface area contributed by atoms with Crippen LogP contribution in [-0.4, -0.2) is 22.7 Å². The average Bonchev–Trinajstić information content (AvgIpc) is 2.78. The van der Waals surface area contributed by atoms with E-state index in [4.69, 9.17) is 4.74 Å². The normalized spacial score (nSPS) is 10.5. The number of benzene rings is 1. The van der Waals surface area contributed by atoms with E-state index in [1.54, 1.807) is 19.2 Å². The molecule has 0 saturated heterocycles. The lowest BCUT2D eigenvalue weighted by atomic mass is 10.1. The third kappa shape index (κ3) is 2.84. The van der Waals surface area contributed by atoms with Crippen molar-refractivity contribution in [2.75, 3.05) is 7.11 Å². The first kappa shape index (κ1) is 13.3. The SMILES string of the molecule is CCn1nc(C)cc1CC(=O)c1ccccc1OC. The van der Waals surface area contributed by atoms with Crippen molar-refractivity contribution in [2.45, 2.75) is 26.8 Å². The van der Waals surface area contributed by atoms with E-state index in [2.05, 4.69) is 5.10 Å². The minimum Gasteiger partial charge on any atom is -0.496 e. The van der Waals surface area contributed by atoms with Gasteiger partial charge in [0.25, 0.3) is 0 Å². The predicted octanol–water partition coefficient (Wildman–Crippen LogP) is 2.65. The van der Waals surface area contributed by atoms with Crippen LogP contribution in [0.25, 0.3) is 0 Å². The summed E-state index contributed by atoms with van der Waals surface area (Å²) in [6, 6.07) is 9.25. The maximum absolute atomic E-state index is 12.4. The van der Waals surface area contributed by atoms with Crippen LogP contribution >= 0.6 is 0 Å². The van der Waals surface area contributed by atoms with Gasteiger partial charge in [0.1, 0.15) is 5.75 Å². The Hall–Kier alpha value is -2.10. The molecule has 0 N–H and O–H groups in total. The van der Waals surface area contributed by atoms with Gasteiger partial charge in [-0.3, -0.25) is 9.48 Å². The third-order valence-electron chi connectivity index (χ3n) is 3.03. The number of aryl methyl sites for hydroxylation is 2. The van der Waals surface area contributed by atoms with E-state index in [-0.39, 0.29) is 5.78 Å². The molecule has 0 spiro atoms. The maximum Gasteiger partial charge on any atom is 0.172 e. The number of rotatable bonds is 5. The number of carbonyl (C=O) groups is 1. The fourth-order valence-electron chi connectivity index (χ4n) is 2.15. The first-order valence-electron chi connectivity index (χ1n) is 6.35. The number of Topliss-reactive ketones (excluding diaryl/α,β-unsaturated/α-hetero) is 1. The zero-order valence-corrected chi connectivity index (χ0v) is 11.5. The molecule has 1 heterocycles. The zero-order chi connectivity index (χ0) is 13.8. The van der Waals surface area contributed by atoms with Crippen molar-refractivity contribution in [1.29, 1.82) is 0 Å². The highest BCUT2D eigenvalue weighted by Crippen LogP contribution is 2.19. The van der Waals surface area contributed by atoms with Crippen LogP contribution < -0.4 is 4.74 Å². The monoisotopic (exact) mass is 258 g/mol. The van der Waals surface area contributed by atoms with Crippen LogP contribution in [0.4, 0.5) is 0 Å². The van der Waals surface area contributed by atoms with Crippen LogP contribution in [0.3, 0.4) is 0 Å². The molecule has 19 heavy (non-hydrogen) atoms. The Bertz CT molecular complexity index is 588. The molecule has 0 radical (unpaired) electrons. The molecule has 0 aliphatic carbocycles. The minimum atomic E-state index is 0.0482.